The van der Waals surface area contributed by atoms with Crippen LogP contribution in [0.15, 0.2) is 12.2 Å². The van der Waals surface area contributed by atoms with Gasteiger partial charge in [0.1, 0.15) is 5.25 Å². The molecule has 0 N–H and O–H groups in total. The van der Waals surface area contributed by atoms with E-state index in [0.29, 0.717) is 0 Å². The maximum Gasteiger partial charge on any atom is 0.319 e. The molecule has 2 nitrogen and oxygen atoms in total. The number of unbranched alkanes of at least 4 members (excludes halogenated alkanes) is 7. The summed E-state index contributed by atoms with van der Waals surface area (Å²) in [5.41, 5.74) is 0. The molecule has 0 amide bonds. The summed E-state index contributed by atoms with van der Waals surface area (Å²) in [6.07, 6.45) is 17.6. The Morgan fingerprint density at radius 3 is 2.32 bits per heavy atom. The van der Waals surface area contributed by atoms with E-state index in [9.17, 15) is 4.79 Å². The zero-order chi connectivity index (χ0) is 14.3. The predicted molar refractivity (Wildman–Crippen MR) is 85.7 cm³/mol. The lowest BCUT2D eigenvalue weighted by atomic mass is 10.1. The lowest BCUT2D eigenvalue weighted by Gasteiger charge is -2.08. The van der Waals surface area contributed by atoms with Gasteiger partial charge in [-0.3, -0.25) is 4.79 Å². The van der Waals surface area contributed by atoms with Crippen LogP contribution >= 0.6 is 11.8 Å². The van der Waals surface area contributed by atoms with Crippen molar-refractivity contribution in [2.24, 2.45) is 0 Å². The van der Waals surface area contributed by atoms with E-state index in [2.05, 4.69) is 19.1 Å². The molecule has 0 aliphatic rings. The summed E-state index contributed by atoms with van der Waals surface area (Å²) in [4.78, 5) is 11.4. The molecule has 0 radical (unpaired) electrons. The van der Waals surface area contributed by atoms with Crippen molar-refractivity contribution in [1.29, 1.82) is 0 Å². The molecule has 0 aromatic rings. The second kappa shape index (κ2) is 14.0. The summed E-state index contributed by atoms with van der Waals surface area (Å²) in [5, 5.41) is -0.0460. The van der Waals surface area contributed by atoms with Crippen LogP contribution in [0.3, 0.4) is 0 Å². The zero-order valence-corrected chi connectivity index (χ0v) is 13.6. The summed E-state index contributed by atoms with van der Waals surface area (Å²) in [6.45, 7) is 2.25. The number of esters is 1. The molecule has 0 aromatic heterocycles. The third-order valence-corrected chi connectivity index (χ3v) is 4.19. The third-order valence-electron chi connectivity index (χ3n) is 3.24. The van der Waals surface area contributed by atoms with Gasteiger partial charge in [0.15, 0.2) is 0 Å². The van der Waals surface area contributed by atoms with Crippen LogP contribution < -0.4 is 0 Å². The van der Waals surface area contributed by atoms with E-state index < -0.39 is 0 Å². The van der Waals surface area contributed by atoms with Gasteiger partial charge in [-0.15, -0.1) is 11.8 Å². The monoisotopic (exact) mass is 286 g/mol. The Labute approximate surface area is 123 Å². The number of carbonyl (C=O) groups is 1. The molecule has 0 spiro atoms. The maximum absolute atomic E-state index is 11.4. The van der Waals surface area contributed by atoms with Crippen molar-refractivity contribution >= 4 is 17.7 Å². The maximum atomic E-state index is 11.4. The fourth-order valence-corrected chi connectivity index (χ4v) is 2.57. The van der Waals surface area contributed by atoms with E-state index in [0.717, 1.165) is 12.8 Å². The quantitative estimate of drug-likeness (QED) is 0.287. The van der Waals surface area contributed by atoms with Crippen LogP contribution in [0, 0.1) is 0 Å². The second-order valence-electron chi connectivity index (χ2n) is 4.86. The van der Waals surface area contributed by atoms with Gasteiger partial charge in [-0.2, -0.15) is 0 Å². The topological polar surface area (TPSA) is 26.3 Å². The Bertz CT molecular complexity index is 239. The van der Waals surface area contributed by atoms with Crippen molar-refractivity contribution in [1.82, 2.24) is 0 Å². The van der Waals surface area contributed by atoms with E-state index in [1.54, 1.807) is 11.8 Å². The molecule has 0 heterocycles. The molecule has 3 heteroatoms. The van der Waals surface area contributed by atoms with Gasteiger partial charge < -0.3 is 4.74 Å². The highest BCUT2D eigenvalue weighted by molar-refractivity contribution is 7.99. The molecular weight excluding hydrogens is 256 g/mol. The molecule has 0 aromatic carbocycles. The Morgan fingerprint density at radius 1 is 1.11 bits per heavy atom. The number of carbonyl (C=O) groups excluding carboxylic acids is 1. The van der Waals surface area contributed by atoms with E-state index in [1.165, 1.54) is 52.1 Å². The van der Waals surface area contributed by atoms with Gasteiger partial charge in [-0.1, -0.05) is 57.6 Å². The Hall–Kier alpha value is -0.440. The van der Waals surface area contributed by atoms with Gasteiger partial charge in [-0.25, -0.2) is 0 Å². The number of methoxy groups -OCH3 is 1. The molecule has 0 saturated heterocycles. The van der Waals surface area contributed by atoms with Crippen LogP contribution in [-0.2, 0) is 9.53 Å². The van der Waals surface area contributed by atoms with Crippen molar-refractivity contribution in [3.05, 3.63) is 12.2 Å². The summed E-state index contributed by atoms with van der Waals surface area (Å²) in [5.74, 6) is -0.118. The van der Waals surface area contributed by atoms with Crippen molar-refractivity contribution in [2.45, 2.75) is 70.0 Å². The van der Waals surface area contributed by atoms with Gasteiger partial charge in [0.05, 0.1) is 7.11 Å². The van der Waals surface area contributed by atoms with Crippen LogP contribution in [0.4, 0.5) is 0 Å². The van der Waals surface area contributed by atoms with Crippen molar-refractivity contribution in [2.75, 3.05) is 13.4 Å². The highest BCUT2D eigenvalue weighted by Gasteiger charge is 2.15. The fraction of sp³-hybridized carbons (Fsp3) is 0.812. The first-order valence-corrected chi connectivity index (χ1v) is 8.80. The first-order valence-electron chi connectivity index (χ1n) is 7.51. The zero-order valence-electron chi connectivity index (χ0n) is 12.8. The molecule has 0 bridgehead atoms. The van der Waals surface area contributed by atoms with Crippen LogP contribution in [0.2, 0.25) is 0 Å². The minimum Gasteiger partial charge on any atom is -0.468 e. The minimum atomic E-state index is -0.118. The molecule has 1 unspecified atom stereocenters. The molecular formula is C16H30O2S. The first kappa shape index (κ1) is 18.6. The van der Waals surface area contributed by atoms with E-state index >= 15 is 0 Å². The first-order chi connectivity index (χ1) is 9.26. The van der Waals surface area contributed by atoms with E-state index in [-0.39, 0.29) is 11.2 Å². The summed E-state index contributed by atoms with van der Waals surface area (Å²) in [7, 11) is 1.45. The molecule has 0 aliphatic heterocycles. The number of ether oxygens (including phenoxy) is 1. The summed E-state index contributed by atoms with van der Waals surface area (Å²) < 4.78 is 4.75. The van der Waals surface area contributed by atoms with Crippen molar-refractivity contribution in [3.63, 3.8) is 0 Å². The number of rotatable bonds is 12. The van der Waals surface area contributed by atoms with Gasteiger partial charge in [-0.05, 0) is 25.5 Å². The number of allylic oxidation sites excluding steroid dienone is 2. The number of hydrogen-bond acceptors (Lipinski definition) is 3. The fourth-order valence-electron chi connectivity index (χ4n) is 1.98. The average molecular weight is 286 g/mol. The molecule has 0 fully saturated rings. The molecule has 0 rings (SSSR count). The van der Waals surface area contributed by atoms with Crippen molar-refractivity contribution in [3.8, 4) is 0 Å². The van der Waals surface area contributed by atoms with Gasteiger partial charge in [0.25, 0.3) is 0 Å². The minimum absolute atomic E-state index is 0.0460. The smallest absolute Gasteiger partial charge is 0.319 e. The Morgan fingerprint density at radius 2 is 1.74 bits per heavy atom. The third kappa shape index (κ3) is 11.1. The number of hydrogen-bond donors (Lipinski definition) is 0. The van der Waals surface area contributed by atoms with Gasteiger partial charge in [0, 0.05) is 0 Å². The SMILES string of the molecule is CCCCCCCCC/C=C/CC(SC)C(=O)OC. The molecule has 0 aliphatic carbocycles. The lowest BCUT2D eigenvalue weighted by molar-refractivity contribution is -0.139. The summed E-state index contributed by atoms with van der Waals surface area (Å²) in [6, 6.07) is 0. The predicted octanol–water partition coefficient (Wildman–Crippen LogP) is 4.98. The molecule has 112 valence electrons. The standard InChI is InChI=1S/C16H30O2S/c1-4-5-6-7-8-9-10-11-12-13-14-15(19-3)16(17)18-2/h12-13,15H,4-11,14H2,1-3H3/b13-12+. The van der Waals surface area contributed by atoms with Crippen LogP contribution in [0.25, 0.3) is 0 Å². The van der Waals surface area contributed by atoms with Crippen LogP contribution in [-0.4, -0.2) is 24.6 Å². The van der Waals surface area contributed by atoms with E-state index in [1.807, 2.05) is 6.26 Å². The van der Waals surface area contributed by atoms with Crippen molar-refractivity contribution < 1.29 is 9.53 Å². The average Bonchev–Trinajstić information content (AvgIpc) is 2.44. The number of thioether (sulfide) groups is 1. The Balaban J connectivity index is 3.45. The van der Waals surface area contributed by atoms with Crippen LogP contribution in [0.1, 0.15) is 64.7 Å². The van der Waals surface area contributed by atoms with Gasteiger partial charge >= 0.3 is 5.97 Å². The van der Waals surface area contributed by atoms with Crippen LogP contribution in [0.5, 0.6) is 0 Å². The van der Waals surface area contributed by atoms with E-state index in [4.69, 9.17) is 4.74 Å². The highest BCUT2D eigenvalue weighted by atomic mass is 32.2. The van der Waals surface area contributed by atoms with Gasteiger partial charge in [0.2, 0.25) is 0 Å². The molecule has 1 atom stereocenters. The molecule has 19 heavy (non-hydrogen) atoms. The Kier molecular flexibility index (Phi) is 13.7. The summed E-state index contributed by atoms with van der Waals surface area (Å²) >= 11 is 1.56. The second-order valence-corrected chi connectivity index (χ2v) is 5.91. The molecule has 0 saturated carbocycles. The lowest BCUT2D eigenvalue weighted by Crippen LogP contribution is -2.17. The largest absolute Gasteiger partial charge is 0.468 e. The highest BCUT2D eigenvalue weighted by Crippen LogP contribution is 2.14. The normalized spacial score (nSPS) is 12.8.